The average Bonchev–Trinajstić information content (AvgIpc) is 3.35. The number of amides is 1. The minimum atomic E-state index is -0.380. The van der Waals surface area contributed by atoms with Gasteiger partial charge in [-0.2, -0.15) is 5.10 Å². The molecule has 5 nitrogen and oxygen atoms in total. The van der Waals surface area contributed by atoms with E-state index in [9.17, 15) is 4.79 Å². The van der Waals surface area contributed by atoms with E-state index in [1.807, 2.05) is 36.4 Å². The Hall–Kier alpha value is -4.12. The van der Waals surface area contributed by atoms with Crippen molar-refractivity contribution in [2.24, 2.45) is 5.10 Å². The first-order valence-corrected chi connectivity index (χ1v) is 10.9. The summed E-state index contributed by atoms with van der Waals surface area (Å²) in [5.41, 5.74) is 10.00. The number of nitrogens with zero attached hydrogens (tertiary/aromatic N) is 2. The van der Waals surface area contributed by atoms with Gasteiger partial charge in [0.2, 0.25) is 0 Å². The Labute approximate surface area is 192 Å². The number of carbonyl (C=O) groups is 1. The summed E-state index contributed by atoms with van der Waals surface area (Å²) >= 11 is 0. The second kappa shape index (κ2) is 8.10. The van der Waals surface area contributed by atoms with Gasteiger partial charge in [-0.1, -0.05) is 48.0 Å². The molecule has 2 aromatic heterocycles. The second-order valence-corrected chi connectivity index (χ2v) is 8.46. The average molecular weight is 436 g/mol. The van der Waals surface area contributed by atoms with Crippen molar-refractivity contribution in [3.8, 4) is 5.69 Å². The number of furan rings is 1. The maximum Gasteiger partial charge on any atom is 0.307 e. The predicted molar refractivity (Wildman–Crippen MR) is 133 cm³/mol. The smallest absolute Gasteiger partial charge is 0.307 e. The van der Waals surface area contributed by atoms with Crippen molar-refractivity contribution >= 4 is 33.9 Å². The van der Waals surface area contributed by atoms with Gasteiger partial charge in [0.15, 0.2) is 5.76 Å². The molecule has 0 saturated heterocycles. The van der Waals surface area contributed by atoms with Gasteiger partial charge in [0.1, 0.15) is 5.58 Å². The van der Waals surface area contributed by atoms with Gasteiger partial charge in [-0.25, -0.2) is 5.43 Å². The molecule has 164 valence electrons. The van der Waals surface area contributed by atoms with Crippen LogP contribution in [0.3, 0.4) is 0 Å². The summed E-state index contributed by atoms with van der Waals surface area (Å²) in [6.45, 7) is 8.34. The third-order valence-electron chi connectivity index (χ3n) is 6.08. The highest BCUT2D eigenvalue weighted by Crippen LogP contribution is 2.28. The number of fused-ring (bicyclic) bond motifs is 3. The maximum atomic E-state index is 12.7. The molecule has 3 aromatic carbocycles. The summed E-state index contributed by atoms with van der Waals surface area (Å²) in [7, 11) is 0. The van der Waals surface area contributed by atoms with Crippen molar-refractivity contribution in [2.45, 2.75) is 27.7 Å². The van der Waals surface area contributed by atoms with Crippen LogP contribution in [0.4, 0.5) is 0 Å². The first-order valence-electron chi connectivity index (χ1n) is 10.9. The van der Waals surface area contributed by atoms with E-state index >= 15 is 0 Å². The Morgan fingerprint density at radius 3 is 2.58 bits per heavy atom. The number of nitrogens with one attached hydrogen (secondary N) is 1. The van der Waals surface area contributed by atoms with E-state index in [1.54, 1.807) is 12.3 Å². The minimum absolute atomic E-state index is 0.235. The van der Waals surface area contributed by atoms with Crippen LogP contribution in [0.1, 0.15) is 38.6 Å². The van der Waals surface area contributed by atoms with Crippen LogP contribution in [-0.4, -0.2) is 16.7 Å². The fourth-order valence-electron chi connectivity index (χ4n) is 4.47. The van der Waals surface area contributed by atoms with E-state index in [-0.39, 0.29) is 11.7 Å². The molecule has 1 N–H and O–H groups in total. The van der Waals surface area contributed by atoms with Crippen LogP contribution < -0.4 is 5.43 Å². The normalized spacial score (nSPS) is 11.6. The Morgan fingerprint density at radius 1 is 0.939 bits per heavy atom. The summed E-state index contributed by atoms with van der Waals surface area (Å²) < 4.78 is 7.99. The van der Waals surface area contributed by atoms with Crippen molar-refractivity contribution in [3.63, 3.8) is 0 Å². The number of hydrogen-bond donors (Lipinski definition) is 1. The van der Waals surface area contributed by atoms with E-state index in [0.717, 1.165) is 38.8 Å². The minimum Gasteiger partial charge on any atom is -0.451 e. The number of aromatic nitrogens is 1. The van der Waals surface area contributed by atoms with E-state index < -0.39 is 0 Å². The molecule has 0 atom stereocenters. The molecule has 5 rings (SSSR count). The van der Waals surface area contributed by atoms with Gasteiger partial charge in [0.05, 0.1) is 6.21 Å². The molecule has 2 heterocycles. The lowest BCUT2D eigenvalue weighted by atomic mass is 10.1. The zero-order valence-corrected chi connectivity index (χ0v) is 19.1. The van der Waals surface area contributed by atoms with E-state index in [2.05, 4.69) is 67.1 Å². The molecule has 5 aromatic rings. The van der Waals surface area contributed by atoms with Crippen LogP contribution in [0, 0.1) is 27.7 Å². The molecule has 0 aliphatic rings. The van der Waals surface area contributed by atoms with Gasteiger partial charge in [-0.05, 0) is 68.3 Å². The Morgan fingerprint density at radius 2 is 1.76 bits per heavy atom. The van der Waals surface area contributed by atoms with E-state index in [4.69, 9.17) is 4.42 Å². The first-order chi connectivity index (χ1) is 15.9. The zero-order chi connectivity index (χ0) is 23.1. The molecule has 0 fully saturated rings. The molecule has 33 heavy (non-hydrogen) atoms. The highest BCUT2D eigenvalue weighted by Gasteiger charge is 2.14. The number of rotatable bonds is 4. The predicted octanol–water partition coefficient (Wildman–Crippen LogP) is 6.37. The van der Waals surface area contributed by atoms with Crippen molar-refractivity contribution in [2.75, 3.05) is 0 Å². The zero-order valence-electron chi connectivity index (χ0n) is 19.1. The molecule has 0 aliphatic heterocycles. The van der Waals surface area contributed by atoms with Gasteiger partial charge in [-0.3, -0.25) is 4.79 Å². The fraction of sp³-hybridized carbons (Fsp3) is 0.143. The van der Waals surface area contributed by atoms with Crippen LogP contribution in [0.2, 0.25) is 0 Å². The molecule has 0 bridgehead atoms. The third kappa shape index (κ3) is 3.72. The molecule has 1 amide bonds. The monoisotopic (exact) mass is 435 g/mol. The fourth-order valence-corrected chi connectivity index (χ4v) is 4.47. The lowest BCUT2D eigenvalue weighted by molar-refractivity contribution is 0.0929. The largest absolute Gasteiger partial charge is 0.451 e. The van der Waals surface area contributed by atoms with Crippen LogP contribution >= 0.6 is 0 Å². The van der Waals surface area contributed by atoms with Gasteiger partial charge in [0.25, 0.3) is 0 Å². The molecule has 0 spiro atoms. The number of aryl methyl sites for hydroxylation is 3. The Balaban J connectivity index is 1.39. The Kier molecular flexibility index (Phi) is 5.09. The number of benzene rings is 3. The Bertz CT molecular complexity index is 1550. The van der Waals surface area contributed by atoms with Crippen molar-refractivity contribution in [1.82, 2.24) is 9.99 Å². The lowest BCUT2D eigenvalue weighted by Crippen LogP contribution is -2.16. The SMILES string of the molecule is Cc1ccc(-n2c(C)cc(C=NNC(=O)c3cc4c(ccc5ccccc54)o3)c2C)c(C)c1. The van der Waals surface area contributed by atoms with Gasteiger partial charge in [0, 0.05) is 28.0 Å². The molecular formula is C28H25N3O2. The highest BCUT2D eigenvalue weighted by molar-refractivity contribution is 6.08. The first kappa shape index (κ1) is 20.8. The number of carbonyl (C=O) groups excluding carboxylic acids is 1. The van der Waals surface area contributed by atoms with Gasteiger partial charge in [-0.15, -0.1) is 0 Å². The third-order valence-corrected chi connectivity index (χ3v) is 6.08. The van der Waals surface area contributed by atoms with Crippen LogP contribution in [0.15, 0.2) is 76.2 Å². The number of hydrazone groups is 1. The molecule has 0 unspecified atom stereocenters. The van der Waals surface area contributed by atoms with Crippen LogP contribution in [0.25, 0.3) is 27.4 Å². The quantitative estimate of drug-likeness (QED) is 0.263. The molecule has 5 heteroatoms. The highest BCUT2D eigenvalue weighted by atomic mass is 16.3. The van der Waals surface area contributed by atoms with Crippen LogP contribution in [-0.2, 0) is 0 Å². The van der Waals surface area contributed by atoms with Crippen molar-refractivity contribution < 1.29 is 9.21 Å². The lowest BCUT2D eigenvalue weighted by Gasteiger charge is -2.13. The second-order valence-electron chi connectivity index (χ2n) is 8.46. The summed E-state index contributed by atoms with van der Waals surface area (Å²) in [6, 6.07) is 22.2. The molecule has 0 radical (unpaired) electrons. The van der Waals surface area contributed by atoms with Crippen molar-refractivity contribution in [1.29, 1.82) is 0 Å². The van der Waals surface area contributed by atoms with Crippen molar-refractivity contribution in [3.05, 3.63) is 101 Å². The van der Waals surface area contributed by atoms with Gasteiger partial charge >= 0.3 is 5.91 Å². The summed E-state index contributed by atoms with van der Waals surface area (Å²) in [6.07, 6.45) is 1.68. The van der Waals surface area contributed by atoms with Gasteiger partial charge < -0.3 is 8.98 Å². The maximum absolute atomic E-state index is 12.7. The molecular weight excluding hydrogens is 410 g/mol. The van der Waals surface area contributed by atoms with Crippen LogP contribution in [0.5, 0.6) is 0 Å². The van der Waals surface area contributed by atoms with E-state index in [0.29, 0.717) is 5.58 Å². The van der Waals surface area contributed by atoms with E-state index in [1.165, 1.54) is 11.1 Å². The summed E-state index contributed by atoms with van der Waals surface area (Å²) in [5, 5.41) is 7.28. The molecule has 0 aliphatic carbocycles. The topological polar surface area (TPSA) is 59.5 Å². The summed E-state index contributed by atoms with van der Waals surface area (Å²) in [4.78, 5) is 12.7. The standard InChI is InChI=1S/C28H25N3O2/c1-17-9-11-25(18(2)13-17)31-19(3)14-22(20(31)4)16-29-30-28(32)27-15-24-23-8-6-5-7-21(23)10-12-26(24)33-27/h5-16H,1-4H3,(H,30,32). The number of hydrogen-bond acceptors (Lipinski definition) is 3. The summed E-state index contributed by atoms with van der Waals surface area (Å²) in [5.74, 6) is -0.144. The molecule has 0 saturated carbocycles.